The molecule has 2 bridgehead atoms. The molecule has 0 aliphatic carbocycles. The molecule has 3 heteroatoms. The summed E-state index contributed by atoms with van der Waals surface area (Å²) in [7, 11) is 0. The fourth-order valence-corrected chi connectivity index (χ4v) is 3.09. The van der Waals surface area contributed by atoms with Crippen molar-refractivity contribution in [2.75, 3.05) is 0 Å². The second-order valence-electron chi connectivity index (χ2n) is 5.11. The summed E-state index contributed by atoms with van der Waals surface area (Å²) in [5.74, 6) is 0.0931. The molecule has 2 fully saturated rings. The zero-order valence-electron chi connectivity index (χ0n) is 10.2. The Labute approximate surface area is 97.5 Å². The highest BCUT2D eigenvalue weighted by Gasteiger charge is 2.42. The molecule has 1 unspecified atom stereocenters. The summed E-state index contributed by atoms with van der Waals surface area (Å²) in [5, 5.41) is 0. The molecule has 16 heavy (non-hydrogen) atoms. The van der Waals surface area contributed by atoms with Crippen LogP contribution in [0.5, 0.6) is 0 Å². The van der Waals surface area contributed by atoms with Gasteiger partial charge < -0.3 is 9.64 Å². The number of hydrogen-bond donors (Lipinski definition) is 0. The van der Waals surface area contributed by atoms with Gasteiger partial charge in [0.05, 0.1) is 12.2 Å². The highest BCUT2D eigenvalue weighted by molar-refractivity contribution is 5.87. The summed E-state index contributed by atoms with van der Waals surface area (Å²) >= 11 is 0. The predicted molar refractivity (Wildman–Crippen MR) is 63.1 cm³/mol. The molecule has 2 rings (SSSR count). The molecule has 0 aromatic heterocycles. The van der Waals surface area contributed by atoms with Crippen molar-refractivity contribution < 1.29 is 9.53 Å². The van der Waals surface area contributed by atoms with Crippen molar-refractivity contribution in [2.24, 2.45) is 0 Å². The Kier molecular flexibility index (Phi) is 3.33. The van der Waals surface area contributed by atoms with E-state index >= 15 is 0 Å². The third kappa shape index (κ3) is 2.14. The van der Waals surface area contributed by atoms with Crippen molar-refractivity contribution in [1.29, 1.82) is 0 Å². The minimum atomic E-state index is 0.0931. The lowest BCUT2D eigenvalue weighted by atomic mass is 9.99. The van der Waals surface area contributed by atoms with E-state index in [2.05, 4.69) is 20.4 Å². The van der Waals surface area contributed by atoms with Gasteiger partial charge in [-0.1, -0.05) is 6.58 Å². The third-order valence-corrected chi connectivity index (χ3v) is 3.58. The number of hydrogen-bond acceptors (Lipinski definition) is 2. The maximum atomic E-state index is 11.7. The van der Waals surface area contributed by atoms with Crippen LogP contribution in [0.3, 0.4) is 0 Å². The predicted octanol–water partition coefficient (Wildman–Crippen LogP) is 2.12. The lowest BCUT2D eigenvalue weighted by Gasteiger charge is -2.38. The van der Waals surface area contributed by atoms with Gasteiger partial charge in [-0.2, -0.15) is 0 Å². The van der Waals surface area contributed by atoms with Gasteiger partial charge in [-0.05, 0) is 45.6 Å². The van der Waals surface area contributed by atoms with Crippen LogP contribution in [0.1, 0.15) is 39.5 Å². The zero-order valence-corrected chi connectivity index (χ0v) is 10.2. The molecule has 2 heterocycles. The van der Waals surface area contributed by atoms with E-state index in [4.69, 9.17) is 4.74 Å². The maximum absolute atomic E-state index is 11.7. The lowest BCUT2D eigenvalue weighted by molar-refractivity contribution is -0.134. The Morgan fingerprint density at radius 2 is 1.94 bits per heavy atom. The maximum Gasteiger partial charge on any atom is 0.246 e. The molecule has 0 saturated carbocycles. The first kappa shape index (κ1) is 11.6. The summed E-state index contributed by atoms with van der Waals surface area (Å²) < 4.78 is 5.87. The summed E-state index contributed by atoms with van der Waals surface area (Å²) in [6.45, 7) is 7.72. The van der Waals surface area contributed by atoms with Gasteiger partial charge in [-0.25, -0.2) is 0 Å². The molecule has 2 aliphatic heterocycles. The average Bonchev–Trinajstić information content (AvgIpc) is 2.49. The summed E-state index contributed by atoms with van der Waals surface area (Å²) in [5.41, 5.74) is 0. The van der Waals surface area contributed by atoms with E-state index in [-0.39, 0.29) is 12.0 Å². The van der Waals surface area contributed by atoms with Crippen LogP contribution in [-0.2, 0) is 9.53 Å². The SMILES string of the molecule is C=CC(=O)N1[C@@H]2CC[C@H]1CC(OC(C)C)C2. The Morgan fingerprint density at radius 3 is 2.38 bits per heavy atom. The van der Waals surface area contributed by atoms with E-state index in [0.29, 0.717) is 18.2 Å². The van der Waals surface area contributed by atoms with Gasteiger partial charge in [-0.3, -0.25) is 4.79 Å². The van der Waals surface area contributed by atoms with E-state index in [1.165, 1.54) is 6.08 Å². The van der Waals surface area contributed by atoms with Gasteiger partial charge in [0.1, 0.15) is 0 Å². The summed E-state index contributed by atoms with van der Waals surface area (Å²) in [6.07, 6.45) is 6.31. The van der Waals surface area contributed by atoms with Gasteiger partial charge in [-0.15, -0.1) is 0 Å². The number of amides is 1. The van der Waals surface area contributed by atoms with Crippen LogP contribution < -0.4 is 0 Å². The summed E-state index contributed by atoms with van der Waals surface area (Å²) in [4.78, 5) is 13.7. The fourth-order valence-electron chi connectivity index (χ4n) is 3.09. The molecular formula is C13H21NO2. The van der Waals surface area contributed by atoms with Crippen molar-refractivity contribution in [3.63, 3.8) is 0 Å². The molecule has 0 radical (unpaired) electrons. The minimum absolute atomic E-state index is 0.0931. The molecular weight excluding hydrogens is 202 g/mol. The minimum Gasteiger partial charge on any atom is -0.375 e. The molecule has 3 nitrogen and oxygen atoms in total. The first-order valence-corrected chi connectivity index (χ1v) is 6.22. The van der Waals surface area contributed by atoms with Crippen molar-refractivity contribution in [3.05, 3.63) is 12.7 Å². The first-order chi connectivity index (χ1) is 7.61. The summed E-state index contributed by atoms with van der Waals surface area (Å²) in [6, 6.07) is 0.765. The van der Waals surface area contributed by atoms with Crippen LogP contribution in [-0.4, -0.2) is 35.1 Å². The Bertz CT molecular complexity index is 274. The third-order valence-electron chi connectivity index (χ3n) is 3.58. The van der Waals surface area contributed by atoms with Crippen LogP contribution in [0.15, 0.2) is 12.7 Å². The Hall–Kier alpha value is -0.830. The number of piperidine rings is 1. The van der Waals surface area contributed by atoms with Crippen molar-refractivity contribution in [1.82, 2.24) is 4.90 Å². The van der Waals surface area contributed by atoms with Crippen LogP contribution >= 0.6 is 0 Å². The van der Waals surface area contributed by atoms with Gasteiger partial charge in [0.25, 0.3) is 0 Å². The highest BCUT2D eigenvalue weighted by Crippen LogP contribution is 2.37. The molecule has 1 amide bonds. The molecule has 0 N–H and O–H groups in total. The van der Waals surface area contributed by atoms with E-state index < -0.39 is 0 Å². The van der Waals surface area contributed by atoms with Gasteiger partial charge in [0.2, 0.25) is 5.91 Å². The van der Waals surface area contributed by atoms with Gasteiger partial charge >= 0.3 is 0 Å². The molecule has 90 valence electrons. The molecule has 0 spiro atoms. The number of nitrogens with zero attached hydrogens (tertiary/aromatic N) is 1. The van der Waals surface area contributed by atoms with Crippen LogP contribution in [0.2, 0.25) is 0 Å². The lowest BCUT2D eigenvalue weighted by Crippen LogP contribution is -2.48. The van der Waals surface area contributed by atoms with Crippen LogP contribution in [0.25, 0.3) is 0 Å². The monoisotopic (exact) mass is 223 g/mol. The number of ether oxygens (including phenoxy) is 1. The number of rotatable bonds is 3. The topological polar surface area (TPSA) is 29.5 Å². The molecule has 2 aliphatic rings. The second-order valence-corrected chi connectivity index (χ2v) is 5.11. The normalized spacial score (nSPS) is 33.2. The Balaban J connectivity index is 2.01. The second kappa shape index (κ2) is 4.58. The van der Waals surface area contributed by atoms with Crippen molar-refractivity contribution >= 4 is 5.91 Å². The number of carbonyl (C=O) groups is 1. The highest BCUT2D eigenvalue weighted by atomic mass is 16.5. The zero-order chi connectivity index (χ0) is 11.7. The quantitative estimate of drug-likeness (QED) is 0.686. The van der Waals surface area contributed by atoms with E-state index in [0.717, 1.165) is 25.7 Å². The molecule has 0 aromatic rings. The van der Waals surface area contributed by atoms with Crippen LogP contribution in [0.4, 0.5) is 0 Å². The molecule has 0 aromatic carbocycles. The van der Waals surface area contributed by atoms with Crippen molar-refractivity contribution in [2.45, 2.75) is 63.8 Å². The van der Waals surface area contributed by atoms with Crippen molar-refractivity contribution in [3.8, 4) is 0 Å². The Morgan fingerprint density at radius 1 is 1.38 bits per heavy atom. The average molecular weight is 223 g/mol. The van der Waals surface area contributed by atoms with E-state index in [1.807, 2.05) is 4.90 Å². The number of fused-ring (bicyclic) bond motifs is 2. The van der Waals surface area contributed by atoms with E-state index in [9.17, 15) is 4.79 Å². The van der Waals surface area contributed by atoms with Crippen LogP contribution in [0, 0.1) is 0 Å². The molecule has 3 atom stereocenters. The largest absolute Gasteiger partial charge is 0.375 e. The standard InChI is InChI=1S/C13H21NO2/c1-4-13(15)14-10-5-6-11(14)8-12(7-10)16-9(2)3/h4,9-12H,1,5-8H2,2-3H3/t10-,11+,12?. The molecule has 2 saturated heterocycles. The van der Waals surface area contributed by atoms with E-state index in [1.54, 1.807) is 0 Å². The number of carbonyl (C=O) groups excluding carboxylic acids is 1. The fraction of sp³-hybridized carbons (Fsp3) is 0.769. The van der Waals surface area contributed by atoms with Gasteiger partial charge in [0, 0.05) is 12.1 Å². The van der Waals surface area contributed by atoms with Gasteiger partial charge in [0.15, 0.2) is 0 Å². The first-order valence-electron chi connectivity index (χ1n) is 6.22. The smallest absolute Gasteiger partial charge is 0.246 e.